The number of aliphatic carboxylic acids is 1. The van der Waals surface area contributed by atoms with Gasteiger partial charge in [-0.2, -0.15) is 8.42 Å². The molecule has 5 nitrogen and oxygen atoms in total. The second-order valence-corrected chi connectivity index (χ2v) is 3.94. The van der Waals surface area contributed by atoms with Crippen LogP contribution in [-0.2, 0) is 14.9 Å². The zero-order chi connectivity index (χ0) is 11.1. The SMILES string of the molecule is C=C(C)C(=O)O.CCCS(=O)(=O)O.[NaH]. The van der Waals surface area contributed by atoms with Gasteiger partial charge in [-0.3, -0.25) is 4.55 Å². The van der Waals surface area contributed by atoms with Crippen molar-refractivity contribution in [2.45, 2.75) is 20.3 Å². The van der Waals surface area contributed by atoms with E-state index in [1.54, 1.807) is 6.92 Å². The molecule has 0 spiro atoms. The quantitative estimate of drug-likeness (QED) is 0.416. The van der Waals surface area contributed by atoms with E-state index in [0.717, 1.165) is 0 Å². The minimum atomic E-state index is -3.67. The second-order valence-electron chi connectivity index (χ2n) is 2.37. The van der Waals surface area contributed by atoms with E-state index in [0.29, 0.717) is 6.42 Å². The second kappa shape index (κ2) is 9.67. The Morgan fingerprint density at radius 2 is 1.71 bits per heavy atom. The number of carboxylic acid groups (broad SMARTS) is 1. The van der Waals surface area contributed by atoms with Gasteiger partial charge in [0.25, 0.3) is 10.1 Å². The third kappa shape index (κ3) is 22.7. The van der Waals surface area contributed by atoms with Crippen LogP contribution in [0, 0.1) is 0 Å². The summed E-state index contributed by atoms with van der Waals surface area (Å²) in [5.74, 6) is -1.07. The molecule has 0 fully saturated rings. The van der Waals surface area contributed by atoms with Crippen molar-refractivity contribution in [1.29, 1.82) is 0 Å². The summed E-state index contributed by atoms with van der Waals surface area (Å²) in [6.07, 6.45) is 0.471. The summed E-state index contributed by atoms with van der Waals surface area (Å²) in [4.78, 5) is 9.60. The Bertz CT molecular complexity index is 258. The molecule has 0 unspecified atom stereocenters. The molecule has 7 heteroatoms. The summed E-state index contributed by atoms with van der Waals surface area (Å²) in [6.45, 7) is 6.29. The van der Waals surface area contributed by atoms with Crippen LogP contribution in [0.3, 0.4) is 0 Å². The Balaban J connectivity index is -0.000000163. The Kier molecular flexibility index (Phi) is 13.6. The van der Waals surface area contributed by atoms with E-state index in [9.17, 15) is 13.2 Å². The van der Waals surface area contributed by atoms with E-state index in [4.69, 9.17) is 9.66 Å². The van der Waals surface area contributed by atoms with Gasteiger partial charge in [0.1, 0.15) is 0 Å². The molecule has 0 aromatic rings. The van der Waals surface area contributed by atoms with Crippen molar-refractivity contribution in [2.75, 3.05) is 5.75 Å². The summed E-state index contributed by atoms with van der Waals surface area (Å²) >= 11 is 0. The molecule has 0 heterocycles. The van der Waals surface area contributed by atoms with Gasteiger partial charge < -0.3 is 5.11 Å². The average Bonchev–Trinajstić information content (AvgIpc) is 1.85. The number of hydrogen-bond acceptors (Lipinski definition) is 3. The molecule has 0 aromatic heterocycles. The Morgan fingerprint density at radius 3 is 1.71 bits per heavy atom. The van der Waals surface area contributed by atoms with Crippen molar-refractivity contribution in [3.05, 3.63) is 12.2 Å². The van der Waals surface area contributed by atoms with Crippen LogP contribution in [-0.4, -0.2) is 59.4 Å². The van der Waals surface area contributed by atoms with Crippen molar-refractivity contribution in [3.63, 3.8) is 0 Å². The molecular weight excluding hydrogens is 219 g/mol. The Hall–Kier alpha value is 0.120. The van der Waals surface area contributed by atoms with Crippen LogP contribution in [0.4, 0.5) is 0 Å². The number of carbonyl (C=O) groups is 1. The molecule has 0 aliphatic carbocycles. The van der Waals surface area contributed by atoms with E-state index < -0.39 is 16.1 Å². The first-order valence-corrected chi connectivity index (χ1v) is 5.15. The number of rotatable bonds is 3. The Morgan fingerprint density at radius 1 is 1.43 bits per heavy atom. The van der Waals surface area contributed by atoms with Gasteiger partial charge in [0.15, 0.2) is 0 Å². The van der Waals surface area contributed by atoms with Crippen molar-refractivity contribution in [2.24, 2.45) is 0 Å². The van der Waals surface area contributed by atoms with Crippen LogP contribution < -0.4 is 0 Å². The monoisotopic (exact) mass is 234 g/mol. The molecule has 0 aliphatic rings. The standard InChI is InChI=1S/C4H6O2.C3H8O3S.Na.H/c1-3(2)4(5)6;1-2-3-7(4,5)6;;/h1H2,2H3,(H,5,6);2-3H2,1H3,(H,4,5,6);;. The first kappa shape index (κ1) is 19.7. The molecule has 2 N–H and O–H groups in total. The van der Waals surface area contributed by atoms with E-state index in [1.807, 2.05) is 0 Å². The number of carboxylic acids is 1. The zero-order valence-electron chi connectivity index (χ0n) is 7.65. The van der Waals surface area contributed by atoms with Crippen LogP contribution >= 0.6 is 0 Å². The van der Waals surface area contributed by atoms with Gasteiger partial charge >= 0.3 is 35.5 Å². The predicted octanol–water partition coefficient (Wildman–Crippen LogP) is 0.283. The van der Waals surface area contributed by atoms with Crippen LogP contribution in [0.1, 0.15) is 20.3 Å². The summed E-state index contributed by atoms with van der Waals surface area (Å²) in [5, 5.41) is 7.89. The first-order chi connectivity index (χ1) is 5.70. The minimum absolute atomic E-state index is 0. The van der Waals surface area contributed by atoms with Crippen LogP contribution in [0.15, 0.2) is 12.2 Å². The van der Waals surface area contributed by atoms with E-state index in [-0.39, 0.29) is 40.9 Å². The van der Waals surface area contributed by atoms with Crippen LogP contribution in [0.2, 0.25) is 0 Å². The molecule has 0 atom stereocenters. The third-order valence-corrected chi connectivity index (χ3v) is 1.75. The maximum absolute atomic E-state index is 9.79. The molecule has 0 aliphatic heterocycles. The topological polar surface area (TPSA) is 91.7 Å². The summed E-state index contributed by atoms with van der Waals surface area (Å²) in [6, 6.07) is 0. The molecule has 0 rings (SSSR count). The molecule has 0 radical (unpaired) electrons. The fraction of sp³-hybridized carbons (Fsp3) is 0.571. The molecule has 80 valence electrons. The normalized spacial score (nSPS) is 9.07. The molecule has 0 amide bonds. The average molecular weight is 234 g/mol. The summed E-state index contributed by atoms with van der Waals surface area (Å²) in [5.41, 5.74) is 0.176. The summed E-state index contributed by atoms with van der Waals surface area (Å²) in [7, 11) is -3.67. The Labute approximate surface area is 106 Å². The van der Waals surface area contributed by atoms with Crippen LogP contribution in [0.5, 0.6) is 0 Å². The molecule has 14 heavy (non-hydrogen) atoms. The van der Waals surface area contributed by atoms with E-state index >= 15 is 0 Å². The maximum atomic E-state index is 9.79. The van der Waals surface area contributed by atoms with E-state index in [2.05, 4.69) is 6.58 Å². The predicted molar refractivity (Wildman–Crippen MR) is 56.3 cm³/mol. The van der Waals surface area contributed by atoms with Crippen LogP contribution in [0.25, 0.3) is 0 Å². The van der Waals surface area contributed by atoms with Gasteiger partial charge in [-0.1, -0.05) is 13.5 Å². The molecule has 0 bridgehead atoms. The van der Waals surface area contributed by atoms with Crippen molar-refractivity contribution in [1.82, 2.24) is 0 Å². The van der Waals surface area contributed by atoms with Gasteiger partial charge in [0, 0.05) is 5.57 Å². The van der Waals surface area contributed by atoms with Gasteiger partial charge in [-0.25, -0.2) is 4.79 Å². The summed E-state index contributed by atoms with van der Waals surface area (Å²) < 4.78 is 27.6. The van der Waals surface area contributed by atoms with Gasteiger partial charge in [-0.15, -0.1) is 0 Å². The van der Waals surface area contributed by atoms with Crippen molar-refractivity contribution >= 4 is 45.6 Å². The third-order valence-electron chi connectivity index (χ3n) is 0.827. The molecular formula is C7H15NaO5S. The zero-order valence-corrected chi connectivity index (χ0v) is 8.47. The number of hydrogen-bond donors (Lipinski definition) is 2. The molecule has 0 saturated carbocycles. The van der Waals surface area contributed by atoms with Gasteiger partial charge in [-0.05, 0) is 13.3 Å². The van der Waals surface area contributed by atoms with Crippen molar-refractivity contribution in [3.8, 4) is 0 Å². The van der Waals surface area contributed by atoms with E-state index in [1.165, 1.54) is 6.92 Å². The fourth-order valence-corrected chi connectivity index (χ4v) is 0.774. The fourth-order valence-electron chi connectivity index (χ4n) is 0.258. The molecule has 0 saturated heterocycles. The van der Waals surface area contributed by atoms with Gasteiger partial charge in [0.05, 0.1) is 5.75 Å². The van der Waals surface area contributed by atoms with Gasteiger partial charge in [0.2, 0.25) is 0 Å². The first-order valence-electron chi connectivity index (χ1n) is 3.54. The molecule has 0 aromatic carbocycles. The van der Waals surface area contributed by atoms with Crippen molar-refractivity contribution < 1.29 is 22.9 Å².